The Morgan fingerprint density at radius 3 is 2.50 bits per heavy atom. The zero-order valence-corrected chi connectivity index (χ0v) is 22.3. The third-order valence-electron chi connectivity index (χ3n) is 6.25. The summed E-state index contributed by atoms with van der Waals surface area (Å²) >= 11 is 13.9. The van der Waals surface area contributed by atoms with Crippen molar-refractivity contribution in [1.82, 2.24) is 10.2 Å². The van der Waals surface area contributed by atoms with Gasteiger partial charge in [0.25, 0.3) is 0 Å². The lowest BCUT2D eigenvalue weighted by Gasteiger charge is -2.33. The van der Waals surface area contributed by atoms with Crippen LogP contribution in [-0.4, -0.2) is 34.6 Å². The van der Waals surface area contributed by atoms with Gasteiger partial charge >= 0.3 is 0 Å². The fourth-order valence-corrected chi connectivity index (χ4v) is 5.62. The van der Waals surface area contributed by atoms with Crippen LogP contribution in [0.4, 0.5) is 0 Å². The van der Waals surface area contributed by atoms with Gasteiger partial charge in [-0.15, -0.1) is 11.8 Å². The fourth-order valence-electron chi connectivity index (χ4n) is 4.44. The van der Waals surface area contributed by atoms with Crippen LogP contribution >= 0.6 is 35.0 Å². The van der Waals surface area contributed by atoms with Crippen LogP contribution in [-0.2, 0) is 21.9 Å². The number of halogens is 2. The Morgan fingerprint density at radius 1 is 1.06 bits per heavy atom. The molecule has 2 amide bonds. The van der Waals surface area contributed by atoms with Crippen molar-refractivity contribution in [3.05, 3.63) is 69.2 Å². The first-order valence-electron chi connectivity index (χ1n) is 12.0. The lowest BCUT2D eigenvalue weighted by Crippen LogP contribution is -2.52. The normalized spacial score (nSPS) is 15.1. The molecule has 1 aliphatic carbocycles. The summed E-state index contributed by atoms with van der Waals surface area (Å²) in [6.45, 7) is 4.34. The Bertz CT molecular complexity index is 979. The van der Waals surface area contributed by atoms with Crippen LogP contribution in [0.15, 0.2) is 42.5 Å². The summed E-state index contributed by atoms with van der Waals surface area (Å²) in [5.41, 5.74) is 3.25. The second-order valence-electron chi connectivity index (χ2n) is 9.02. The average molecular weight is 522 g/mol. The molecule has 1 atom stereocenters. The van der Waals surface area contributed by atoms with Gasteiger partial charge in [-0.2, -0.15) is 0 Å². The number of thioether (sulfide) groups is 1. The van der Waals surface area contributed by atoms with Gasteiger partial charge in [-0.25, -0.2) is 0 Å². The van der Waals surface area contributed by atoms with E-state index in [2.05, 4.69) is 30.4 Å². The molecule has 1 N–H and O–H groups in total. The molecule has 2 aromatic carbocycles. The van der Waals surface area contributed by atoms with E-state index in [9.17, 15) is 9.59 Å². The first-order chi connectivity index (χ1) is 16.4. The third-order valence-corrected chi connectivity index (χ3v) is 7.98. The van der Waals surface area contributed by atoms with Gasteiger partial charge in [-0.3, -0.25) is 9.59 Å². The maximum atomic E-state index is 13.4. The van der Waals surface area contributed by atoms with Crippen LogP contribution in [0.2, 0.25) is 10.0 Å². The zero-order chi connectivity index (χ0) is 24.5. The highest BCUT2D eigenvalue weighted by molar-refractivity contribution is 7.99. The highest BCUT2D eigenvalue weighted by Crippen LogP contribution is 2.25. The molecule has 1 fully saturated rings. The van der Waals surface area contributed by atoms with Crippen LogP contribution in [0, 0.1) is 6.92 Å². The number of amides is 2. The van der Waals surface area contributed by atoms with Crippen molar-refractivity contribution in [2.75, 3.05) is 5.75 Å². The third kappa shape index (κ3) is 7.93. The summed E-state index contributed by atoms with van der Waals surface area (Å²) in [6, 6.07) is 13.4. The number of carbonyl (C=O) groups is 2. The Hall–Kier alpha value is -1.69. The number of carbonyl (C=O) groups excluding carboxylic acids is 2. The molecule has 0 unspecified atom stereocenters. The predicted molar refractivity (Wildman–Crippen MR) is 143 cm³/mol. The Labute approximate surface area is 217 Å². The monoisotopic (exact) mass is 520 g/mol. The molecule has 0 bridgehead atoms. The summed E-state index contributed by atoms with van der Waals surface area (Å²) in [5, 5.41) is 4.13. The summed E-state index contributed by atoms with van der Waals surface area (Å²) in [5.74, 6) is 0.947. The van der Waals surface area contributed by atoms with E-state index in [0.29, 0.717) is 28.8 Å². The molecule has 184 valence electrons. The van der Waals surface area contributed by atoms with E-state index in [-0.39, 0.29) is 17.9 Å². The van der Waals surface area contributed by atoms with E-state index < -0.39 is 6.04 Å². The van der Waals surface area contributed by atoms with E-state index in [4.69, 9.17) is 23.2 Å². The fraction of sp³-hybridized carbons (Fsp3) is 0.481. The van der Waals surface area contributed by atoms with E-state index in [1.54, 1.807) is 28.8 Å². The summed E-state index contributed by atoms with van der Waals surface area (Å²) in [7, 11) is 0. The van der Waals surface area contributed by atoms with Crippen LogP contribution in [0.3, 0.4) is 0 Å². The molecule has 0 saturated heterocycles. The molecule has 0 heterocycles. The number of nitrogens with zero attached hydrogens (tertiary/aromatic N) is 1. The lowest BCUT2D eigenvalue weighted by atomic mass is 9.95. The number of hydrogen-bond acceptors (Lipinski definition) is 3. The van der Waals surface area contributed by atoms with Crippen LogP contribution in [0.25, 0.3) is 0 Å². The molecule has 7 heteroatoms. The molecule has 4 nitrogen and oxygen atoms in total. The molecule has 0 aliphatic heterocycles. The summed E-state index contributed by atoms with van der Waals surface area (Å²) in [6.07, 6.45) is 6.08. The van der Waals surface area contributed by atoms with Gasteiger partial charge in [-0.1, -0.05) is 85.3 Å². The molecule has 0 aromatic heterocycles. The molecule has 1 aliphatic rings. The SMILES string of the molecule is CC[C@H](C(=O)NC1CCCCC1)N(Cc1ccc(Cl)c(Cl)c1)C(=O)CSCc1cccc(C)c1. The Balaban J connectivity index is 1.72. The molecular weight excluding hydrogens is 487 g/mol. The van der Waals surface area contributed by atoms with Gasteiger partial charge in [0.2, 0.25) is 11.8 Å². The summed E-state index contributed by atoms with van der Waals surface area (Å²) in [4.78, 5) is 28.4. The predicted octanol–water partition coefficient (Wildman–Crippen LogP) is 6.79. The number of hydrogen-bond donors (Lipinski definition) is 1. The second kappa shape index (κ2) is 13.4. The van der Waals surface area contributed by atoms with E-state index in [1.807, 2.05) is 19.1 Å². The number of benzene rings is 2. The number of rotatable bonds is 10. The number of aryl methyl sites for hydroxylation is 1. The minimum atomic E-state index is -0.525. The van der Waals surface area contributed by atoms with Gasteiger partial charge < -0.3 is 10.2 Å². The van der Waals surface area contributed by atoms with E-state index in [0.717, 1.165) is 37.0 Å². The van der Waals surface area contributed by atoms with Crippen molar-refractivity contribution in [2.24, 2.45) is 0 Å². The van der Waals surface area contributed by atoms with Crippen molar-refractivity contribution in [3.63, 3.8) is 0 Å². The molecular formula is C27H34Cl2N2O2S. The Kier molecular flexibility index (Phi) is 10.6. The molecule has 1 saturated carbocycles. The zero-order valence-electron chi connectivity index (χ0n) is 20.0. The standard InChI is InChI=1S/C27H34Cl2N2O2S/c1-3-25(27(33)30-22-10-5-4-6-11-22)31(16-20-12-13-23(28)24(29)15-20)26(32)18-34-17-21-9-7-8-19(2)14-21/h7-9,12-15,22,25H,3-6,10-11,16-18H2,1-2H3,(H,30,33)/t25-/m1/s1. The molecule has 3 rings (SSSR count). The van der Waals surface area contributed by atoms with Crippen molar-refractivity contribution in [2.45, 2.75) is 76.8 Å². The molecule has 0 radical (unpaired) electrons. The summed E-state index contributed by atoms with van der Waals surface area (Å²) < 4.78 is 0. The highest BCUT2D eigenvalue weighted by Gasteiger charge is 2.30. The van der Waals surface area contributed by atoms with Gasteiger partial charge in [0.1, 0.15) is 6.04 Å². The number of nitrogens with one attached hydrogen (secondary N) is 1. The van der Waals surface area contributed by atoms with Crippen molar-refractivity contribution < 1.29 is 9.59 Å². The maximum Gasteiger partial charge on any atom is 0.243 e. The van der Waals surface area contributed by atoms with Crippen molar-refractivity contribution >= 4 is 46.8 Å². The van der Waals surface area contributed by atoms with Gasteiger partial charge in [0.15, 0.2) is 0 Å². The minimum absolute atomic E-state index is 0.0469. The van der Waals surface area contributed by atoms with Gasteiger partial charge in [-0.05, 0) is 49.4 Å². The first-order valence-corrected chi connectivity index (χ1v) is 14.0. The average Bonchev–Trinajstić information content (AvgIpc) is 2.82. The minimum Gasteiger partial charge on any atom is -0.352 e. The largest absolute Gasteiger partial charge is 0.352 e. The smallest absolute Gasteiger partial charge is 0.243 e. The van der Waals surface area contributed by atoms with E-state index in [1.165, 1.54) is 17.5 Å². The first kappa shape index (κ1) is 26.9. The van der Waals surface area contributed by atoms with Crippen LogP contribution in [0.1, 0.15) is 62.1 Å². The lowest BCUT2D eigenvalue weighted by molar-refractivity contribution is -0.139. The second-order valence-corrected chi connectivity index (χ2v) is 10.8. The topological polar surface area (TPSA) is 49.4 Å². The van der Waals surface area contributed by atoms with Crippen LogP contribution < -0.4 is 5.32 Å². The Morgan fingerprint density at radius 2 is 1.82 bits per heavy atom. The van der Waals surface area contributed by atoms with Crippen molar-refractivity contribution in [3.8, 4) is 0 Å². The van der Waals surface area contributed by atoms with Gasteiger partial charge in [0.05, 0.1) is 15.8 Å². The molecule has 2 aromatic rings. The molecule has 0 spiro atoms. The van der Waals surface area contributed by atoms with Crippen molar-refractivity contribution in [1.29, 1.82) is 0 Å². The van der Waals surface area contributed by atoms with Crippen LogP contribution in [0.5, 0.6) is 0 Å². The molecule has 34 heavy (non-hydrogen) atoms. The van der Waals surface area contributed by atoms with Gasteiger partial charge in [0, 0.05) is 18.3 Å². The van der Waals surface area contributed by atoms with E-state index >= 15 is 0 Å². The quantitative estimate of drug-likeness (QED) is 0.375. The maximum absolute atomic E-state index is 13.4. The highest BCUT2D eigenvalue weighted by atomic mass is 35.5.